The van der Waals surface area contributed by atoms with Crippen molar-refractivity contribution in [3.05, 3.63) is 53.7 Å². The van der Waals surface area contributed by atoms with Crippen molar-refractivity contribution in [2.24, 2.45) is 5.73 Å². The number of methoxy groups -OCH3 is 1. The molecule has 2 atom stereocenters. The Morgan fingerprint density at radius 3 is 2.69 bits per heavy atom. The summed E-state index contributed by atoms with van der Waals surface area (Å²) in [6.45, 7) is 4.04. The van der Waals surface area contributed by atoms with Crippen molar-refractivity contribution in [1.29, 1.82) is 0 Å². The minimum absolute atomic E-state index is 0.236. The van der Waals surface area contributed by atoms with Gasteiger partial charge in [-0.05, 0) is 18.1 Å². The van der Waals surface area contributed by atoms with Crippen LogP contribution in [0.2, 0.25) is 0 Å². The highest BCUT2D eigenvalue weighted by Gasteiger charge is 2.26. The van der Waals surface area contributed by atoms with Crippen LogP contribution in [0.25, 0.3) is 10.9 Å². The Hall–Kier alpha value is -3.13. The molecule has 0 bridgehead atoms. The number of fused-ring (bicyclic) bond motifs is 1. The van der Waals surface area contributed by atoms with Crippen LogP contribution in [0.1, 0.15) is 36.8 Å². The average molecular weight is 397 g/mol. The Morgan fingerprint density at radius 1 is 1.24 bits per heavy atom. The summed E-state index contributed by atoms with van der Waals surface area (Å²) < 4.78 is 4.85. The molecule has 0 fully saturated rings. The molecule has 2 heterocycles. The summed E-state index contributed by atoms with van der Waals surface area (Å²) in [6, 6.07) is 6.18. The number of benzene rings is 1. The van der Waals surface area contributed by atoms with Crippen molar-refractivity contribution >= 4 is 22.8 Å². The number of carbonyl (C=O) groups is 2. The number of para-hydroxylation sites is 1. The van der Waals surface area contributed by atoms with Gasteiger partial charge >= 0.3 is 5.97 Å². The molecule has 0 unspecified atom stereocenters. The zero-order chi connectivity index (χ0) is 21.0. The van der Waals surface area contributed by atoms with Crippen LogP contribution in [0.3, 0.4) is 0 Å². The van der Waals surface area contributed by atoms with Crippen LogP contribution in [0, 0.1) is 0 Å². The molecule has 0 aliphatic rings. The van der Waals surface area contributed by atoms with Crippen molar-refractivity contribution in [2.75, 3.05) is 7.11 Å². The van der Waals surface area contributed by atoms with Gasteiger partial charge < -0.3 is 25.8 Å². The van der Waals surface area contributed by atoms with Gasteiger partial charge in [-0.15, -0.1) is 0 Å². The van der Waals surface area contributed by atoms with Gasteiger partial charge in [0.2, 0.25) is 5.91 Å². The van der Waals surface area contributed by atoms with Gasteiger partial charge in [0.15, 0.2) is 0 Å². The van der Waals surface area contributed by atoms with Crippen LogP contribution in [0.15, 0.2) is 36.7 Å². The summed E-state index contributed by atoms with van der Waals surface area (Å²) in [6.07, 6.45) is 4.13. The lowest BCUT2D eigenvalue weighted by Gasteiger charge is -2.18. The van der Waals surface area contributed by atoms with Crippen LogP contribution in [0.4, 0.5) is 0 Å². The smallest absolute Gasteiger partial charge is 0.328 e. The third-order valence-electron chi connectivity index (χ3n) is 4.87. The van der Waals surface area contributed by atoms with E-state index in [4.69, 9.17) is 10.5 Å². The summed E-state index contributed by atoms with van der Waals surface area (Å²) >= 11 is 0. The maximum absolute atomic E-state index is 12.7. The van der Waals surface area contributed by atoms with E-state index < -0.39 is 24.0 Å². The number of aromatic nitrogens is 3. The minimum Gasteiger partial charge on any atom is -0.467 e. The van der Waals surface area contributed by atoms with E-state index in [2.05, 4.69) is 20.3 Å². The first kappa shape index (κ1) is 20.6. The van der Waals surface area contributed by atoms with Crippen molar-refractivity contribution < 1.29 is 14.3 Å². The number of nitrogens with one attached hydrogen (secondary N) is 3. The number of H-pyrrole nitrogens is 2. The van der Waals surface area contributed by atoms with Gasteiger partial charge in [0.05, 0.1) is 13.2 Å². The first-order valence-corrected chi connectivity index (χ1v) is 9.61. The lowest BCUT2D eigenvalue weighted by Crippen LogP contribution is -2.50. The van der Waals surface area contributed by atoms with Gasteiger partial charge in [-0.1, -0.05) is 32.0 Å². The fourth-order valence-electron chi connectivity index (χ4n) is 3.24. The number of nitrogens with two attached hydrogens (primary N) is 1. The monoisotopic (exact) mass is 397 g/mol. The molecular formula is C21H27N5O3. The molecular weight excluding hydrogens is 370 g/mol. The molecule has 8 heteroatoms. The van der Waals surface area contributed by atoms with Gasteiger partial charge in [-0.2, -0.15) is 0 Å². The van der Waals surface area contributed by atoms with Gasteiger partial charge in [0.25, 0.3) is 0 Å². The normalized spacial score (nSPS) is 13.4. The molecule has 8 nitrogen and oxygen atoms in total. The molecule has 0 radical (unpaired) electrons. The summed E-state index contributed by atoms with van der Waals surface area (Å²) in [5.41, 5.74) is 8.81. The van der Waals surface area contributed by atoms with Crippen LogP contribution >= 0.6 is 0 Å². The maximum Gasteiger partial charge on any atom is 0.328 e. The number of rotatable bonds is 8. The van der Waals surface area contributed by atoms with Crippen LogP contribution < -0.4 is 11.1 Å². The minimum atomic E-state index is -0.845. The Balaban J connectivity index is 1.67. The number of nitrogens with zero attached hydrogens (tertiary/aromatic N) is 1. The van der Waals surface area contributed by atoms with Gasteiger partial charge in [-0.3, -0.25) is 4.79 Å². The van der Waals surface area contributed by atoms with E-state index in [1.807, 2.05) is 44.3 Å². The molecule has 5 N–H and O–H groups in total. The molecule has 3 rings (SSSR count). The zero-order valence-electron chi connectivity index (χ0n) is 16.9. The van der Waals surface area contributed by atoms with Crippen LogP contribution in [0.5, 0.6) is 0 Å². The first-order chi connectivity index (χ1) is 13.9. The van der Waals surface area contributed by atoms with E-state index in [0.717, 1.165) is 28.0 Å². The number of imidazole rings is 1. The van der Waals surface area contributed by atoms with Crippen molar-refractivity contribution in [3.8, 4) is 0 Å². The van der Waals surface area contributed by atoms with E-state index in [1.54, 1.807) is 6.20 Å². The summed E-state index contributed by atoms with van der Waals surface area (Å²) in [7, 11) is 1.29. The summed E-state index contributed by atoms with van der Waals surface area (Å²) in [5.74, 6) is 0.123. The van der Waals surface area contributed by atoms with Crippen molar-refractivity contribution in [2.45, 2.75) is 44.7 Å². The predicted octanol–water partition coefficient (Wildman–Crippen LogP) is 1.78. The van der Waals surface area contributed by atoms with Gasteiger partial charge in [0.1, 0.15) is 11.9 Å². The lowest BCUT2D eigenvalue weighted by molar-refractivity contribution is -0.145. The molecule has 0 saturated carbocycles. The number of ether oxygens (including phenoxy) is 1. The fourth-order valence-corrected chi connectivity index (χ4v) is 3.24. The van der Waals surface area contributed by atoms with E-state index in [0.29, 0.717) is 6.42 Å². The highest BCUT2D eigenvalue weighted by molar-refractivity contribution is 5.89. The second-order valence-electron chi connectivity index (χ2n) is 7.41. The Bertz CT molecular complexity index is 991. The number of hydrogen-bond acceptors (Lipinski definition) is 5. The second-order valence-corrected chi connectivity index (χ2v) is 7.41. The molecule has 3 aromatic rings. The number of hydrogen-bond donors (Lipinski definition) is 4. The zero-order valence-corrected chi connectivity index (χ0v) is 16.9. The first-order valence-electron chi connectivity index (χ1n) is 9.61. The number of amides is 1. The van der Waals surface area contributed by atoms with Crippen LogP contribution in [-0.4, -0.2) is 46.0 Å². The maximum atomic E-state index is 12.7. The molecule has 1 aromatic carbocycles. The standard InChI is InChI=1S/C21H27N5O3/c1-12(2)19-24-11-14(25-19)9-18(21(28)29-3)26-20(27)16(22)8-13-10-23-17-7-5-4-6-15(13)17/h4-7,10-12,16,18,23H,8-9,22H2,1-3H3,(H,24,25)(H,26,27)/t16-,18-/m0/s1. The highest BCUT2D eigenvalue weighted by Crippen LogP contribution is 2.19. The third-order valence-corrected chi connectivity index (χ3v) is 4.87. The van der Waals surface area contributed by atoms with E-state index in [-0.39, 0.29) is 12.3 Å². The molecule has 2 aromatic heterocycles. The van der Waals surface area contributed by atoms with Crippen molar-refractivity contribution in [1.82, 2.24) is 20.3 Å². The quantitative estimate of drug-likeness (QED) is 0.431. The number of esters is 1. The Morgan fingerprint density at radius 2 is 2.00 bits per heavy atom. The molecule has 29 heavy (non-hydrogen) atoms. The van der Waals surface area contributed by atoms with E-state index in [9.17, 15) is 9.59 Å². The molecule has 0 spiro atoms. The molecule has 0 aliphatic heterocycles. The van der Waals surface area contributed by atoms with Gasteiger partial charge in [0, 0.05) is 41.3 Å². The molecule has 1 amide bonds. The lowest BCUT2D eigenvalue weighted by atomic mass is 10.0. The van der Waals surface area contributed by atoms with Gasteiger partial charge in [-0.25, -0.2) is 9.78 Å². The Labute approximate surface area is 169 Å². The third kappa shape index (κ3) is 4.83. The van der Waals surface area contributed by atoms with E-state index in [1.165, 1.54) is 7.11 Å². The molecule has 154 valence electrons. The highest BCUT2D eigenvalue weighted by atomic mass is 16.5. The summed E-state index contributed by atoms with van der Waals surface area (Å²) in [5, 5.41) is 3.75. The second kappa shape index (κ2) is 8.91. The van der Waals surface area contributed by atoms with Crippen LogP contribution in [-0.2, 0) is 27.2 Å². The average Bonchev–Trinajstić information content (AvgIpc) is 3.34. The predicted molar refractivity (Wildman–Crippen MR) is 110 cm³/mol. The topological polar surface area (TPSA) is 126 Å². The van der Waals surface area contributed by atoms with E-state index >= 15 is 0 Å². The number of carbonyl (C=O) groups excluding carboxylic acids is 2. The summed E-state index contributed by atoms with van der Waals surface area (Å²) in [4.78, 5) is 35.5. The molecule has 0 aliphatic carbocycles. The number of aromatic amines is 2. The largest absolute Gasteiger partial charge is 0.467 e. The fraction of sp³-hybridized carbons (Fsp3) is 0.381. The Kier molecular flexibility index (Phi) is 6.33. The SMILES string of the molecule is COC(=O)[C@H](Cc1cnc(C(C)C)[nH]1)NC(=O)[C@@H](N)Cc1c[nH]c2ccccc12. The van der Waals surface area contributed by atoms with Crippen molar-refractivity contribution in [3.63, 3.8) is 0 Å². The molecule has 0 saturated heterocycles.